The van der Waals surface area contributed by atoms with Gasteiger partial charge < -0.3 is 9.47 Å². The van der Waals surface area contributed by atoms with Crippen molar-refractivity contribution in [2.45, 2.75) is 57.1 Å². The maximum absolute atomic E-state index is 13.7. The average molecular weight is 534 g/mol. The van der Waals surface area contributed by atoms with Crippen LogP contribution in [0.15, 0.2) is 59.6 Å². The number of carbonyl (C=O) groups excluding carboxylic acids is 1. The first kappa shape index (κ1) is 27.3. The Morgan fingerprint density at radius 1 is 1.21 bits per heavy atom. The largest absolute Gasteiger partial charge is 0.472 e. The van der Waals surface area contributed by atoms with Crippen LogP contribution in [-0.2, 0) is 26.1 Å². The average Bonchev–Trinajstić information content (AvgIpc) is 3.02. The molecule has 3 aromatic rings. The highest BCUT2D eigenvalue weighted by atomic mass is 32.2. The fourth-order valence-electron chi connectivity index (χ4n) is 4.73. The zero-order valence-corrected chi connectivity index (χ0v) is 22.8. The van der Waals surface area contributed by atoms with Gasteiger partial charge in [-0.05, 0) is 54.7 Å². The summed E-state index contributed by atoms with van der Waals surface area (Å²) in [4.78, 5) is 20.1. The van der Waals surface area contributed by atoms with Gasteiger partial charge in [-0.1, -0.05) is 48.9 Å². The molecule has 0 N–H and O–H groups in total. The fourth-order valence-corrected chi connectivity index (χ4v) is 6.25. The van der Waals surface area contributed by atoms with E-state index in [2.05, 4.69) is 9.83 Å². The second-order valence-electron chi connectivity index (χ2n) is 9.42. The summed E-state index contributed by atoms with van der Waals surface area (Å²) >= 11 is 0. The van der Waals surface area contributed by atoms with Crippen molar-refractivity contribution in [1.82, 2.24) is 9.29 Å². The normalized spacial score (nSPS) is 17.4. The van der Waals surface area contributed by atoms with Gasteiger partial charge in [0.05, 0.1) is 26.6 Å². The van der Waals surface area contributed by atoms with E-state index in [1.807, 2.05) is 51.1 Å². The number of benzene rings is 2. The van der Waals surface area contributed by atoms with E-state index in [1.54, 1.807) is 12.1 Å². The van der Waals surface area contributed by atoms with E-state index in [1.165, 1.54) is 23.7 Å². The van der Waals surface area contributed by atoms with Crippen LogP contribution in [0.4, 0.5) is 5.69 Å². The third-order valence-corrected chi connectivity index (χ3v) is 8.80. The van der Waals surface area contributed by atoms with E-state index in [0.717, 1.165) is 27.8 Å². The van der Waals surface area contributed by atoms with E-state index >= 15 is 0 Å². The van der Waals surface area contributed by atoms with E-state index in [-0.39, 0.29) is 48.3 Å². The Bertz CT molecular complexity index is 1500. The van der Waals surface area contributed by atoms with Crippen LogP contribution < -0.4 is 4.74 Å². The number of hydrogen-bond donors (Lipinski definition) is 0. The standard InChI is InChI=1S/C29H31N3O5S/c1-6-24-18-32(38(34,35)27-8-7-13-31-29(27)37-24)17-22-15-21(10-9-19(22)2)26(16-28(33)36-5)25-12-11-23(30-4)14-20(25)3/h7-15,24,26H,6,16-18H2,1-3,5H3/t24-,26?/m1/s1. The summed E-state index contributed by atoms with van der Waals surface area (Å²) in [6.45, 7) is 13.5. The minimum absolute atomic E-state index is 0.0591. The van der Waals surface area contributed by atoms with E-state index in [9.17, 15) is 13.2 Å². The van der Waals surface area contributed by atoms with Gasteiger partial charge in [0, 0.05) is 18.7 Å². The number of aromatic nitrogens is 1. The third-order valence-electron chi connectivity index (χ3n) is 6.97. The molecule has 0 radical (unpaired) electrons. The van der Waals surface area contributed by atoms with Gasteiger partial charge in [-0.2, -0.15) is 4.31 Å². The summed E-state index contributed by atoms with van der Waals surface area (Å²) in [6, 6.07) is 14.4. The molecular weight excluding hydrogens is 502 g/mol. The van der Waals surface area contributed by atoms with Gasteiger partial charge >= 0.3 is 5.97 Å². The lowest BCUT2D eigenvalue weighted by Crippen LogP contribution is -2.36. The van der Waals surface area contributed by atoms with E-state index in [0.29, 0.717) is 12.1 Å². The summed E-state index contributed by atoms with van der Waals surface area (Å²) in [5, 5.41) is 0. The van der Waals surface area contributed by atoms with Gasteiger partial charge in [-0.3, -0.25) is 4.79 Å². The number of methoxy groups -OCH3 is 1. The Kier molecular flexibility index (Phi) is 8.14. The van der Waals surface area contributed by atoms with Crippen molar-refractivity contribution < 1.29 is 22.7 Å². The molecule has 0 spiro atoms. The van der Waals surface area contributed by atoms with Crippen LogP contribution in [-0.4, -0.2) is 43.4 Å². The molecule has 2 atom stereocenters. The molecule has 1 aromatic heterocycles. The molecule has 0 bridgehead atoms. The maximum atomic E-state index is 13.7. The lowest BCUT2D eigenvalue weighted by atomic mass is 9.84. The minimum atomic E-state index is -3.86. The molecule has 0 aliphatic carbocycles. The number of pyridine rings is 1. The molecule has 9 heteroatoms. The van der Waals surface area contributed by atoms with Crippen LogP contribution in [0.3, 0.4) is 0 Å². The smallest absolute Gasteiger partial charge is 0.306 e. The van der Waals surface area contributed by atoms with Crippen molar-refractivity contribution in [2.24, 2.45) is 0 Å². The lowest BCUT2D eigenvalue weighted by Gasteiger charge is -2.25. The van der Waals surface area contributed by atoms with Gasteiger partial charge in [0.1, 0.15) is 11.0 Å². The summed E-state index contributed by atoms with van der Waals surface area (Å²) in [7, 11) is -2.50. The number of carbonyl (C=O) groups is 1. The van der Waals surface area contributed by atoms with Crippen LogP contribution in [0, 0.1) is 20.4 Å². The highest BCUT2D eigenvalue weighted by Crippen LogP contribution is 2.35. The molecule has 2 heterocycles. The van der Waals surface area contributed by atoms with Crippen LogP contribution in [0.5, 0.6) is 5.88 Å². The predicted molar refractivity (Wildman–Crippen MR) is 144 cm³/mol. The first-order chi connectivity index (χ1) is 18.2. The molecule has 0 fully saturated rings. The quantitative estimate of drug-likeness (QED) is 0.302. The number of ether oxygens (including phenoxy) is 2. The molecule has 1 unspecified atom stereocenters. The van der Waals surface area contributed by atoms with Crippen molar-refractivity contribution in [1.29, 1.82) is 0 Å². The zero-order valence-electron chi connectivity index (χ0n) is 22.0. The Balaban J connectivity index is 1.75. The van der Waals surface area contributed by atoms with Crippen LogP contribution in [0.2, 0.25) is 0 Å². The minimum Gasteiger partial charge on any atom is -0.472 e. The molecule has 4 rings (SSSR count). The van der Waals surface area contributed by atoms with Gasteiger partial charge in [0.15, 0.2) is 5.69 Å². The van der Waals surface area contributed by atoms with Crippen molar-refractivity contribution in [3.63, 3.8) is 0 Å². The number of sulfonamides is 1. The predicted octanol–water partition coefficient (Wildman–Crippen LogP) is 5.31. The first-order valence-corrected chi connectivity index (χ1v) is 13.9. The molecule has 0 saturated carbocycles. The number of hydrogen-bond acceptors (Lipinski definition) is 6. The van der Waals surface area contributed by atoms with Gasteiger partial charge in [0.25, 0.3) is 0 Å². The number of esters is 1. The number of fused-ring (bicyclic) bond motifs is 1. The zero-order chi connectivity index (χ0) is 27.4. The monoisotopic (exact) mass is 533 g/mol. The first-order valence-electron chi connectivity index (χ1n) is 12.4. The molecule has 1 aliphatic heterocycles. The number of rotatable bonds is 7. The molecule has 0 amide bonds. The topological polar surface area (TPSA) is 90.2 Å². The molecule has 38 heavy (non-hydrogen) atoms. The van der Waals surface area contributed by atoms with Crippen LogP contribution in [0.25, 0.3) is 4.85 Å². The van der Waals surface area contributed by atoms with Crippen LogP contribution in [0.1, 0.15) is 53.5 Å². The summed E-state index contributed by atoms with van der Waals surface area (Å²) < 4.78 is 39.7. The number of aryl methyl sites for hydroxylation is 2. The highest BCUT2D eigenvalue weighted by molar-refractivity contribution is 7.89. The third kappa shape index (κ3) is 5.57. The van der Waals surface area contributed by atoms with Crippen molar-refractivity contribution in [3.05, 3.63) is 94.0 Å². The Morgan fingerprint density at radius 2 is 2.00 bits per heavy atom. The second-order valence-corrected chi connectivity index (χ2v) is 11.3. The van der Waals surface area contributed by atoms with E-state index < -0.39 is 10.0 Å². The molecule has 0 saturated heterocycles. The van der Waals surface area contributed by atoms with Gasteiger partial charge in [0.2, 0.25) is 15.9 Å². The summed E-state index contributed by atoms with van der Waals surface area (Å²) in [6.07, 6.45) is 1.94. The maximum Gasteiger partial charge on any atom is 0.306 e. The Labute approximate surface area is 224 Å². The number of nitrogens with zero attached hydrogens (tertiary/aromatic N) is 3. The molecule has 198 valence electrons. The molecule has 1 aliphatic rings. The van der Waals surface area contributed by atoms with Crippen molar-refractivity contribution in [3.8, 4) is 5.88 Å². The SMILES string of the molecule is [C-]#[N+]c1ccc(C(CC(=O)OC)c2ccc(C)c(CN3C[C@@H](CC)Oc4ncccc4S3(=O)=O)c2)c(C)c1. The molecular formula is C29H31N3O5S. The van der Waals surface area contributed by atoms with Gasteiger partial charge in [-0.25, -0.2) is 18.2 Å². The van der Waals surface area contributed by atoms with Gasteiger partial charge in [-0.15, -0.1) is 0 Å². The molecule has 2 aromatic carbocycles. The summed E-state index contributed by atoms with van der Waals surface area (Å²) in [5.41, 5.74) is 4.98. The Morgan fingerprint density at radius 3 is 2.68 bits per heavy atom. The van der Waals surface area contributed by atoms with Crippen molar-refractivity contribution in [2.75, 3.05) is 13.7 Å². The summed E-state index contributed by atoms with van der Waals surface area (Å²) in [5.74, 6) is -0.546. The lowest BCUT2D eigenvalue weighted by molar-refractivity contribution is -0.140. The second kappa shape index (κ2) is 11.3. The highest BCUT2D eigenvalue weighted by Gasteiger charge is 2.35. The Hall–Kier alpha value is -3.74. The van der Waals surface area contributed by atoms with Crippen molar-refractivity contribution >= 4 is 21.7 Å². The van der Waals surface area contributed by atoms with Crippen LogP contribution >= 0.6 is 0 Å². The fraction of sp³-hybridized carbons (Fsp3) is 0.345. The van der Waals surface area contributed by atoms with E-state index in [4.69, 9.17) is 16.0 Å². The molecule has 8 nitrogen and oxygen atoms in total.